The number of ether oxygens (including phenoxy) is 1. The summed E-state index contributed by atoms with van der Waals surface area (Å²) in [5.41, 5.74) is 2.77. The third kappa shape index (κ3) is 6.02. The number of carbonyl (C=O) groups excluding carboxylic acids is 1. The van der Waals surface area contributed by atoms with Gasteiger partial charge in [-0.05, 0) is 72.2 Å². The summed E-state index contributed by atoms with van der Waals surface area (Å²) < 4.78 is 6.93. The third-order valence-electron chi connectivity index (χ3n) is 5.43. The smallest absolute Gasteiger partial charge is 0.252 e. The van der Waals surface area contributed by atoms with Crippen LogP contribution in [0.4, 0.5) is 0 Å². The molecule has 4 rings (SSSR count). The van der Waals surface area contributed by atoms with Crippen molar-refractivity contribution in [3.63, 3.8) is 0 Å². The fraction of sp³-hybridized carbons (Fsp3) is 0.231. The van der Waals surface area contributed by atoms with Crippen molar-refractivity contribution in [1.82, 2.24) is 25.5 Å². The lowest BCUT2D eigenvalue weighted by atomic mass is 10.1. The maximum Gasteiger partial charge on any atom is 0.252 e. The number of rotatable bonds is 10. The number of aryl methyl sites for hydroxylation is 1. The number of tetrazole rings is 1. The van der Waals surface area contributed by atoms with Gasteiger partial charge < -0.3 is 10.1 Å². The molecule has 0 spiro atoms. The van der Waals surface area contributed by atoms with E-state index in [-0.39, 0.29) is 11.9 Å². The SMILES string of the molecule is COc1ccc(CCC(C)NC(=O)c2ccccc2SCc2nnnn2-c2ccccc2)cc1. The minimum atomic E-state index is -0.0759. The van der Waals surface area contributed by atoms with Crippen molar-refractivity contribution in [2.45, 2.75) is 36.5 Å². The maximum absolute atomic E-state index is 13.0. The Bertz CT molecular complexity index is 1210. The molecule has 8 heteroatoms. The van der Waals surface area contributed by atoms with Gasteiger partial charge in [0.25, 0.3) is 5.91 Å². The summed E-state index contributed by atoms with van der Waals surface area (Å²) in [4.78, 5) is 13.9. The monoisotopic (exact) mass is 473 g/mol. The van der Waals surface area contributed by atoms with Crippen molar-refractivity contribution in [3.05, 3.63) is 95.8 Å². The van der Waals surface area contributed by atoms with Crippen LogP contribution in [-0.4, -0.2) is 39.3 Å². The molecule has 1 atom stereocenters. The highest BCUT2D eigenvalue weighted by Crippen LogP contribution is 2.26. The number of para-hydroxylation sites is 1. The molecule has 0 aliphatic heterocycles. The highest BCUT2D eigenvalue weighted by Gasteiger charge is 2.16. The summed E-state index contributed by atoms with van der Waals surface area (Å²) in [5.74, 6) is 2.03. The molecule has 0 aliphatic rings. The van der Waals surface area contributed by atoms with Crippen molar-refractivity contribution in [1.29, 1.82) is 0 Å². The fourth-order valence-corrected chi connectivity index (χ4v) is 4.49. The van der Waals surface area contributed by atoms with Crippen LogP contribution in [0.15, 0.2) is 83.8 Å². The van der Waals surface area contributed by atoms with E-state index in [1.807, 2.05) is 73.7 Å². The van der Waals surface area contributed by atoms with Crippen LogP contribution in [0.25, 0.3) is 5.69 Å². The van der Waals surface area contributed by atoms with Crippen LogP contribution in [0.2, 0.25) is 0 Å². The van der Waals surface area contributed by atoms with E-state index in [9.17, 15) is 4.79 Å². The maximum atomic E-state index is 13.0. The van der Waals surface area contributed by atoms with Crippen molar-refractivity contribution >= 4 is 17.7 Å². The molecule has 1 unspecified atom stereocenters. The normalized spacial score (nSPS) is 11.7. The largest absolute Gasteiger partial charge is 0.497 e. The van der Waals surface area contributed by atoms with Crippen LogP contribution in [0.5, 0.6) is 5.75 Å². The van der Waals surface area contributed by atoms with Gasteiger partial charge in [-0.2, -0.15) is 4.68 Å². The number of aromatic nitrogens is 4. The van der Waals surface area contributed by atoms with Crippen molar-refractivity contribution in [2.24, 2.45) is 0 Å². The molecule has 0 aliphatic carbocycles. The number of methoxy groups -OCH3 is 1. The highest BCUT2D eigenvalue weighted by molar-refractivity contribution is 7.98. The lowest BCUT2D eigenvalue weighted by Gasteiger charge is -2.16. The van der Waals surface area contributed by atoms with Gasteiger partial charge in [0.15, 0.2) is 5.82 Å². The van der Waals surface area contributed by atoms with Gasteiger partial charge in [-0.25, -0.2) is 0 Å². The van der Waals surface area contributed by atoms with E-state index in [0.717, 1.165) is 35.0 Å². The zero-order valence-corrected chi connectivity index (χ0v) is 20.0. The Morgan fingerprint density at radius 3 is 2.53 bits per heavy atom. The van der Waals surface area contributed by atoms with E-state index < -0.39 is 0 Å². The molecule has 0 fully saturated rings. The summed E-state index contributed by atoms with van der Waals surface area (Å²) in [5, 5.41) is 15.2. The van der Waals surface area contributed by atoms with Crippen LogP contribution in [0.1, 0.15) is 35.1 Å². The number of nitrogens with one attached hydrogen (secondary N) is 1. The second-order valence-electron chi connectivity index (χ2n) is 7.89. The molecule has 1 N–H and O–H groups in total. The highest BCUT2D eigenvalue weighted by atomic mass is 32.2. The van der Waals surface area contributed by atoms with Gasteiger partial charge in [-0.3, -0.25) is 4.79 Å². The number of nitrogens with zero attached hydrogens (tertiary/aromatic N) is 4. The Hall–Kier alpha value is -3.65. The molecular formula is C26H27N5O2S. The number of hydrogen-bond acceptors (Lipinski definition) is 6. The van der Waals surface area contributed by atoms with Gasteiger partial charge in [0, 0.05) is 10.9 Å². The number of thioether (sulfide) groups is 1. The minimum absolute atomic E-state index is 0.0398. The second kappa shape index (κ2) is 11.5. The lowest BCUT2D eigenvalue weighted by molar-refractivity contribution is 0.0935. The molecule has 3 aromatic carbocycles. The molecule has 34 heavy (non-hydrogen) atoms. The molecule has 0 bridgehead atoms. The summed E-state index contributed by atoms with van der Waals surface area (Å²) in [6.07, 6.45) is 1.73. The molecule has 0 radical (unpaired) electrons. The first-order valence-corrected chi connectivity index (χ1v) is 12.1. The van der Waals surface area contributed by atoms with Crippen molar-refractivity contribution < 1.29 is 9.53 Å². The lowest BCUT2D eigenvalue weighted by Crippen LogP contribution is -2.33. The van der Waals surface area contributed by atoms with Gasteiger partial charge in [0.2, 0.25) is 0 Å². The summed E-state index contributed by atoms with van der Waals surface area (Å²) in [6.45, 7) is 2.03. The first-order valence-electron chi connectivity index (χ1n) is 11.1. The summed E-state index contributed by atoms with van der Waals surface area (Å²) >= 11 is 1.55. The summed E-state index contributed by atoms with van der Waals surface area (Å²) in [7, 11) is 1.66. The van der Waals surface area contributed by atoms with Gasteiger partial charge in [-0.1, -0.05) is 42.5 Å². The predicted molar refractivity (Wildman–Crippen MR) is 133 cm³/mol. The fourth-order valence-electron chi connectivity index (χ4n) is 3.54. The zero-order valence-electron chi connectivity index (χ0n) is 19.2. The van der Waals surface area contributed by atoms with Gasteiger partial charge in [0.05, 0.1) is 24.1 Å². The van der Waals surface area contributed by atoms with E-state index >= 15 is 0 Å². The number of hydrogen-bond donors (Lipinski definition) is 1. The first kappa shape index (κ1) is 23.5. The van der Waals surface area contributed by atoms with Crippen molar-refractivity contribution in [2.75, 3.05) is 7.11 Å². The van der Waals surface area contributed by atoms with E-state index in [1.165, 1.54) is 5.56 Å². The molecule has 1 aromatic heterocycles. The van der Waals surface area contributed by atoms with Gasteiger partial charge in [0.1, 0.15) is 5.75 Å². The van der Waals surface area contributed by atoms with Crippen LogP contribution in [0.3, 0.4) is 0 Å². The predicted octanol–water partition coefficient (Wildman–Crippen LogP) is 4.71. The molecule has 1 amide bonds. The zero-order chi connectivity index (χ0) is 23.8. The Labute approximate surface area is 203 Å². The standard InChI is InChI=1S/C26H27N5O2S/c1-19(12-13-20-14-16-22(33-2)17-15-20)27-26(32)23-10-6-7-11-24(23)34-18-25-28-29-30-31(25)21-8-4-3-5-9-21/h3-11,14-17,19H,12-13,18H2,1-2H3,(H,27,32). The van der Waals surface area contributed by atoms with Crippen molar-refractivity contribution in [3.8, 4) is 11.4 Å². The Morgan fingerprint density at radius 1 is 1.03 bits per heavy atom. The molecule has 4 aromatic rings. The van der Waals surface area contributed by atoms with Crippen LogP contribution in [0, 0.1) is 0 Å². The van der Waals surface area contributed by atoms with Crippen LogP contribution in [-0.2, 0) is 12.2 Å². The molecule has 0 saturated carbocycles. The minimum Gasteiger partial charge on any atom is -0.497 e. The average Bonchev–Trinajstić information content (AvgIpc) is 3.36. The molecule has 7 nitrogen and oxygen atoms in total. The number of amides is 1. The molecule has 0 saturated heterocycles. The van der Waals surface area contributed by atoms with E-state index in [1.54, 1.807) is 23.6 Å². The Balaban J connectivity index is 1.36. The van der Waals surface area contributed by atoms with E-state index in [2.05, 4.69) is 33.0 Å². The second-order valence-corrected chi connectivity index (χ2v) is 8.91. The van der Waals surface area contributed by atoms with Crippen LogP contribution >= 0.6 is 11.8 Å². The van der Waals surface area contributed by atoms with Crippen LogP contribution < -0.4 is 10.1 Å². The Kier molecular flexibility index (Phi) is 7.93. The number of benzene rings is 3. The third-order valence-corrected chi connectivity index (χ3v) is 6.50. The van der Waals surface area contributed by atoms with Gasteiger partial charge >= 0.3 is 0 Å². The molecular weight excluding hydrogens is 446 g/mol. The quantitative estimate of drug-likeness (QED) is 0.336. The first-order chi connectivity index (χ1) is 16.6. The van der Waals surface area contributed by atoms with E-state index in [0.29, 0.717) is 11.3 Å². The number of carbonyl (C=O) groups is 1. The van der Waals surface area contributed by atoms with E-state index in [4.69, 9.17) is 4.74 Å². The average molecular weight is 474 g/mol. The Morgan fingerprint density at radius 2 is 1.76 bits per heavy atom. The molecule has 174 valence electrons. The summed E-state index contributed by atoms with van der Waals surface area (Å²) in [6, 6.07) is 25.5. The topological polar surface area (TPSA) is 81.9 Å². The van der Waals surface area contributed by atoms with Gasteiger partial charge in [-0.15, -0.1) is 16.9 Å². The molecule has 1 heterocycles.